The van der Waals surface area contributed by atoms with Gasteiger partial charge < -0.3 is 24.3 Å². The average Bonchev–Trinajstić information content (AvgIpc) is 3.36. The number of pyridine rings is 1. The van der Waals surface area contributed by atoms with E-state index in [1.54, 1.807) is 16.7 Å². The molecule has 5 rings (SSSR count). The predicted octanol–water partition coefficient (Wildman–Crippen LogP) is 2.40. The quantitative estimate of drug-likeness (QED) is 0.711. The van der Waals surface area contributed by atoms with Gasteiger partial charge in [-0.05, 0) is 12.1 Å². The second-order valence-corrected chi connectivity index (χ2v) is 7.99. The molecule has 158 valence electrons. The van der Waals surface area contributed by atoms with E-state index in [1.165, 1.54) is 0 Å². The summed E-state index contributed by atoms with van der Waals surface area (Å²) in [4.78, 5) is 24.4. The van der Waals surface area contributed by atoms with Crippen molar-refractivity contribution in [1.29, 1.82) is 0 Å². The molecule has 1 aliphatic heterocycles. The van der Waals surface area contributed by atoms with Gasteiger partial charge in [0.25, 0.3) is 0 Å². The van der Waals surface area contributed by atoms with E-state index in [0.29, 0.717) is 13.1 Å². The summed E-state index contributed by atoms with van der Waals surface area (Å²) in [6.45, 7) is 2.80. The molecule has 1 saturated heterocycles. The van der Waals surface area contributed by atoms with Crippen LogP contribution in [0, 0.1) is 0 Å². The van der Waals surface area contributed by atoms with E-state index < -0.39 is 0 Å². The zero-order valence-corrected chi connectivity index (χ0v) is 17.2. The van der Waals surface area contributed by atoms with E-state index >= 15 is 0 Å². The van der Waals surface area contributed by atoms with E-state index in [1.807, 2.05) is 31.7 Å². The number of aromatic nitrogens is 4. The highest BCUT2D eigenvalue weighted by Crippen LogP contribution is 2.31. The normalized spacial score (nSPS) is 21.7. The highest BCUT2D eigenvalue weighted by atomic mass is 16.6. The fraction of sp³-hybridized carbons (Fsp3) is 0.476. The summed E-state index contributed by atoms with van der Waals surface area (Å²) in [6, 6.07) is 4.16. The molecule has 0 aromatic carbocycles. The molecule has 1 saturated carbocycles. The number of carbonyl (C=O) groups excluding carboxylic acids is 1. The van der Waals surface area contributed by atoms with Gasteiger partial charge in [-0.3, -0.25) is 4.68 Å². The van der Waals surface area contributed by atoms with Crippen LogP contribution in [0.25, 0.3) is 22.3 Å². The second kappa shape index (κ2) is 7.64. The molecule has 0 spiro atoms. The lowest BCUT2D eigenvalue weighted by Gasteiger charge is -2.38. The van der Waals surface area contributed by atoms with Crippen LogP contribution < -0.4 is 4.90 Å². The van der Waals surface area contributed by atoms with Crippen molar-refractivity contribution < 1.29 is 14.3 Å². The number of piperazine rings is 1. The highest BCUT2D eigenvalue weighted by Gasteiger charge is 2.34. The third-order valence-corrected chi connectivity index (χ3v) is 6.06. The molecule has 30 heavy (non-hydrogen) atoms. The summed E-state index contributed by atoms with van der Waals surface area (Å²) < 4.78 is 12.6. The Morgan fingerprint density at radius 1 is 1.20 bits per heavy atom. The van der Waals surface area contributed by atoms with Gasteiger partial charge in [0.15, 0.2) is 0 Å². The molecule has 1 N–H and O–H groups in total. The van der Waals surface area contributed by atoms with E-state index in [4.69, 9.17) is 9.47 Å². The summed E-state index contributed by atoms with van der Waals surface area (Å²) in [5.41, 5.74) is 4.00. The van der Waals surface area contributed by atoms with Crippen LogP contribution in [0.1, 0.15) is 12.8 Å². The highest BCUT2D eigenvalue weighted by molar-refractivity contribution is 5.93. The number of fused-ring (bicyclic) bond motifs is 1. The number of methoxy groups -OCH3 is 1. The van der Waals surface area contributed by atoms with Crippen LogP contribution in [-0.2, 0) is 16.5 Å². The van der Waals surface area contributed by atoms with Crippen molar-refractivity contribution >= 4 is 22.8 Å². The lowest BCUT2D eigenvalue weighted by atomic mass is 9.92. The lowest BCUT2D eigenvalue weighted by molar-refractivity contribution is -0.0639. The zero-order valence-electron chi connectivity index (χ0n) is 17.2. The molecule has 1 aliphatic carbocycles. The molecule has 9 heteroatoms. The smallest absolute Gasteiger partial charge is 0.410 e. The topological polar surface area (TPSA) is 88.5 Å². The van der Waals surface area contributed by atoms with E-state index in [2.05, 4.69) is 26.0 Å². The largest absolute Gasteiger partial charge is 0.446 e. The van der Waals surface area contributed by atoms with E-state index in [9.17, 15) is 4.79 Å². The summed E-state index contributed by atoms with van der Waals surface area (Å²) in [5, 5.41) is 5.33. The predicted molar refractivity (Wildman–Crippen MR) is 112 cm³/mol. The Kier molecular flexibility index (Phi) is 4.82. The Labute approximate surface area is 174 Å². The minimum atomic E-state index is -0.213. The van der Waals surface area contributed by atoms with Crippen molar-refractivity contribution in [2.45, 2.75) is 25.0 Å². The van der Waals surface area contributed by atoms with E-state index in [0.717, 1.165) is 53.9 Å². The van der Waals surface area contributed by atoms with Gasteiger partial charge >= 0.3 is 6.09 Å². The fourth-order valence-corrected chi connectivity index (χ4v) is 4.16. The number of aromatic amines is 1. The summed E-state index contributed by atoms with van der Waals surface area (Å²) in [5.74, 6) is 0. The first kappa shape index (κ1) is 18.9. The number of anilines is 1. The standard InChI is InChI=1S/C21H26N6O3/c1-25-13-14(12-23-25)18-11-17-19(3-4-22-20(17)24-18)26-5-7-27(8-6-26)21(28)30-16-9-15(10-16)29-2/h3-4,11-13,15-16H,5-10H2,1-2H3,(H,22,24)/t15-,16-. The first-order chi connectivity index (χ1) is 14.6. The number of ether oxygens (including phenoxy) is 2. The number of amides is 1. The molecule has 2 fully saturated rings. The molecular formula is C21H26N6O3. The number of aryl methyl sites for hydroxylation is 1. The zero-order chi connectivity index (χ0) is 20.7. The first-order valence-corrected chi connectivity index (χ1v) is 10.3. The first-order valence-electron chi connectivity index (χ1n) is 10.3. The van der Waals surface area contributed by atoms with Gasteiger partial charge in [0, 0.05) is 82.2 Å². The molecule has 9 nitrogen and oxygen atoms in total. The molecule has 2 aliphatic rings. The van der Waals surface area contributed by atoms with Crippen LogP contribution in [0.3, 0.4) is 0 Å². The molecule has 4 heterocycles. The summed E-state index contributed by atoms with van der Waals surface area (Å²) in [6.07, 6.45) is 7.24. The number of carbonyl (C=O) groups is 1. The maximum Gasteiger partial charge on any atom is 0.410 e. The van der Waals surface area contributed by atoms with Crippen molar-refractivity contribution in [2.75, 3.05) is 38.2 Å². The van der Waals surface area contributed by atoms with Crippen LogP contribution in [0.4, 0.5) is 10.5 Å². The maximum atomic E-state index is 12.4. The molecular weight excluding hydrogens is 384 g/mol. The molecule has 0 radical (unpaired) electrons. The maximum absolute atomic E-state index is 12.4. The van der Waals surface area contributed by atoms with Gasteiger partial charge in [0.1, 0.15) is 11.8 Å². The number of nitrogens with one attached hydrogen (secondary N) is 1. The molecule has 3 aromatic rings. The lowest BCUT2D eigenvalue weighted by Crippen LogP contribution is -2.50. The number of rotatable bonds is 4. The van der Waals surface area contributed by atoms with Gasteiger partial charge in [0.2, 0.25) is 0 Å². The monoisotopic (exact) mass is 410 g/mol. The minimum Gasteiger partial charge on any atom is -0.446 e. The third-order valence-electron chi connectivity index (χ3n) is 6.06. The molecule has 0 atom stereocenters. The Morgan fingerprint density at radius 2 is 2.00 bits per heavy atom. The van der Waals surface area contributed by atoms with Crippen molar-refractivity contribution in [3.63, 3.8) is 0 Å². The van der Waals surface area contributed by atoms with Crippen LogP contribution >= 0.6 is 0 Å². The molecule has 3 aromatic heterocycles. The Hall–Kier alpha value is -3.07. The molecule has 0 unspecified atom stereocenters. The van der Waals surface area contributed by atoms with Gasteiger partial charge in [-0.15, -0.1) is 0 Å². The number of hydrogen-bond acceptors (Lipinski definition) is 6. The summed E-state index contributed by atoms with van der Waals surface area (Å²) >= 11 is 0. The minimum absolute atomic E-state index is 0.00828. The van der Waals surface area contributed by atoms with Crippen molar-refractivity contribution in [1.82, 2.24) is 24.6 Å². The van der Waals surface area contributed by atoms with E-state index in [-0.39, 0.29) is 18.3 Å². The van der Waals surface area contributed by atoms with Gasteiger partial charge in [-0.2, -0.15) is 5.10 Å². The van der Waals surface area contributed by atoms with Gasteiger partial charge in [-0.1, -0.05) is 0 Å². The number of H-pyrrole nitrogens is 1. The summed E-state index contributed by atoms with van der Waals surface area (Å²) in [7, 11) is 3.60. The Morgan fingerprint density at radius 3 is 2.70 bits per heavy atom. The Balaban J connectivity index is 1.26. The second-order valence-electron chi connectivity index (χ2n) is 7.99. The Bertz CT molecular complexity index is 1050. The van der Waals surface area contributed by atoms with Crippen LogP contribution in [0.5, 0.6) is 0 Å². The van der Waals surface area contributed by atoms with Crippen LogP contribution in [0.15, 0.2) is 30.7 Å². The van der Waals surface area contributed by atoms with Crippen LogP contribution in [-0.4, -0.2) is 76.2 Å². The molecule has 0 bridgehead atoms. The van der Waals surface area contributed by atoms with Gasteiger partial charge in [-0.25, -0.2) is 9.78 Å². The third kappa shape index (κ3) is 3.49. The van der Waals surface area contributed by atoms with Gasteiger partial charge in [0.05, 0.1) is 18.0 Å². The SMILES string of the molecule is CO[C@H]1C[C@H](OC(=O)N2CCN(c3ccnc4[nH]c(-c5cnn(C)c5)cc34)CC2)C1. The fourth-order valence-electron chi connectivity index (χ4n) is 4.16. The number of hydrogen-bond donors (Lipinski definition) is 1. The average molecular weight is 410 g/mol. The van der Waals surface area contributed by atoms with Crippen molar-refractivity contribution in [2.24, 2.45) is 7.05 Å². The van der Waals surface area contributed by atoms with Crippen LogP contribution in [0.2, 0.25) is 0 Å². The number of nitrogens with zero attached hydrogens (tertiary/aromatic N) is 5. The van der Waals surface area contributed by atoms with Crippen molar-refractivity contribution in [3.05, 3.63) is 30.7 Å². The van der Waals surface area contributed by atoms with Crippen molar-refractivity contribution in [3.8, 4) is 11.3 Å². The molecule has 1 amide bonds.